The molecule has 2 heteroatoms. The van der Waals surface area contributed by atoms with Gasteiger partial charge in [0.25, 0.3) is 0 Å². The van der Waals surface area contributed by atoms with Crippen LogP contribution in [0.15, 0.2) is 24.3 Å². The van der Waals surface area contributed by atoms with Crippen molar-refractivity contribution in [2.45, 2.75) is 12.8 Å². The third-order valence-electron chi connectivity index (χ3n) is 1.76. The van der Waals surface area contributed by atoms with Gasteiger partial charge in [-0.25, -0.2) is 0 Å². The highest BCUT2D eigenvalue weighted by Crippen LogP contribution is 2.04. The molecule has 0 saturated heterocycles. The highest BCUT2D eigenvalue weighted by atomic mass is 14.5. The maximum Gasteiger partial charge on any atom is 0.0966 e. The minimum Gasteiger partial charge on any atom is -0.330 e. The molecule has 14 heavy (non-hydrogen) atoms. The van der Waals surface area contributed by atoms with E-state index in [1.807, 2.05) is 30.3 Å². The van der Waals surface area contributed by atoms with Gasteiger partial charge in [-0.3, -0.25) is 0 Å². The molecule has 0 spiro atoms. The zero-order valence-electron chi connectivity index (χ0n) is 7.96. The molecule has 0 aromatic heterocycles. The molecule has 0 fully saturated rings. The average molecular weight is 184 g/mol. The van der Waals surface area contributed by atoms with Gasteiger partial charge in [-0.15, -0.1) is 0 Å². The summed E-state index contributed by atoms with van der Waals surface area (Å²) in [5.41, 5.74) is 7.59. The standard InChI is InChI=1S/C12H12N2/c13-8-2-1-4-11-5-3-6-12(10-11)7-9-14/h3,5-6,10H,2,7,9,14H2. The molecule has 2 N–H and O–H groups in total. The van der Waals surface area contributed by atoms with Gasteiger partial charge in [0.1, 0.15) is 0 Å². The predicted molar refractivity (Wildman–Crippen MR) is 56.3 cm³/mol. The fourth-order valence-electron chi connectivity index (χ4n) is 1.16. The number of nitriles is 1. The summed E-state index contributed by atoms with van der Waals surface area (Å²) in [5, 5.41) is 8.31. The summed E-state index contributed by atoms with van der Waals surface area (Å²) in [6.07, 6.45) is 1.15. The molecule has 1 aromatic rings. The van der Waals surface area contributed by atoms with Crippen LogP contribution in [-0.4, -0.2) is 6.54 Å². The molecule has 0 radical (unpaired) electrons. The first-order chi connectivity index (χ1) is 6.86. The molecule has 0 aliphatic rings. The Bertz CT molecular complexity index is 391. The lowest BCUT2D eigenvalue weighted by Gasteiger charge is -1.98. The smallest absolute Gasteiger partial charge is 0.0966 e. The fraction of sp³-hybridized carbons (Fsp3) is 0.250. The van der Waals surface area contributed by atoms with Gasteiger partial charge in [0.2, 0.25) is 0 Å². The third-order valence-corrected chi connectivity index (χ3v) is 1.76. The topological polar surface area (TPSA) is 49.8 Å². The van der Waals surface area contributed by atoms with Crippen LogP contribution in [-0.2, 0) is 6.42 Å². The first-order valence-corrected chi connectivity index (χ1v) is 4.51. The second kappa shape index (κ2) is 5.80. The monoisotopic (exact) mass is 184 g/mol. The molecule has 0 aliphatic heterocycles. The summed E-state index contributed by atoms with van der Waals surface area (Å²) in [4.78, 5) is 0. The van der Waals surface area contributed by atoms with Gasteiger partial charge in [-0.05, 0) is 30.7 Å². The molecular weight excluding hydrogens is 172 g/mol. The van der Waals surface area contributed by atoms with Crippen molar-refractivity contribution in [1.82, 2.24) is 0 Å². The van der Waals surface area contributed by atoms with E-state index in [0.717, 1.165) is 12.0 Å². The van der Waals surface area contributed by atoms with Crippen molar-refractivity contribution < 1.29 is 0 Å². The van der Waals surface area contributed by atoms with Crippen LogP contribution >= 0.6 is 0 Å². The maximum atomic E-state index is 8.31. The number of hydrogen-bond acceptors (Lipinski definition) is 2. The van der Waals surface area contributed by atoms with E-state index in [-0.39, 0.29) is 6.42 Å². The van der Waals surface area contributed by atoms with Crippen LogP contribution in [0.4, 0.5) is 0 Å². The molecule has 0 bridgehead atoms. The van der Waals surface area contributed by atoms with Crippen molar-refractivity contribution in [3.05, 3.63) is 35.4 Å². The normalized spacial score (nSPS) is 8.57. The molecule has 0 aliphatic carbocycles. The minimum absolute atomic E-state index is 0.279. The molecule has 0 unspecified atom stereocenters. The largest absolute Gasteiger partial charge is 0.330 e. The summed E-state index contributed by atoms with van der Waals surface area (Å²) in [6.45, 7) is 0.648. The van der Waals surface area contributed by atoms with Crippen LogP contribution < -0.4 is 5.73 Å². The number of benzene rings is 1. The molecular formula is C12H12N2. The van der Waals surface area contributed by atoms with E-state index in [1.165, 1.54) is 5.56 Å². The first kappa shape index (κ1) is 10.3. The lowest BCUT2D eigenvalue weighted by atomic mass is 10.1. The Hall–Kier alpha value is -1.77. The Morgan fingerprint density at radius 1 is 1.36 bits per heavy atom. The zero-order chi connectivity index (χ0) is 10.2. The Labute approximate surface area is 84.4 Å². The minimum atomic E-state index is 0.279. The predicted octanol–water partition coefficient (Wildman–Crippen LogP) is 1.45. The van der Waals surface area contributed by atoms with Crippen LogP contribution in [0.25, 0.3) is 0 Å². The van der Waals surface area contributed by atoms with Gasteiger partial charge in [0.15, 0.2) is 0 Å². The Kier molecular flexibility index (Phi) is 4.27. The first-order valence-electron chi connectivity index (χ1n) is 4.51. The molecule has 0 heterocycles. The number of rotatable bonds is 2. The van der Waals surface area contributed by atoms with Crippen LogP contribution in [0.3, 0.4) is 0 Å². The summed E-state index contributed by atoms with van der Waals surface area (Å²) in [7, 11) is 0. The average Bonchev–Trinajstić information content (AvgIpc) is 2.19. The van der Waals surface area contributed by atoms with Gasteiger partial charge < -0.3 is 5.73 Å². The molecule has 1 aromatic carbocycles. The van der Waals surface area contributed by atoms with Gasteiger partial charge in [-0.2, -0.15) is 5.26 Å². The van der Waals surface area contributed by atoms with E-state index in [9.17, 15) is 0 Å². The molecule has 2 nitrogen and oxygen atoms in total. The second-order valence-electron chi connectivity index (χ2n) is 2.88. The molecule has 0 amide bonds. The van der Waals surface area contributed by atoms with Crippen molar-refractivity contribution in [2.24, 2.45) is 5.73 Å². The fourth-order valence-corrected chi connectivity index (χ4v) is 1.16. The highest BCUT2D eigenvalue weighted by Gasteiger charge is 1.91. The van der Waals surface area contributed by atoms with Crippen molar-refractivity contribution in [3.8, 4) is 17.9 Å². The van der Waals surface area contributed by atoms with E-state index in [2.05, 4.69) is 11.8 Å². The lowest BCUT2D eigenvalue weighted by Crippen LogP contribution is -2.02. The number of hydrogen-bond donors (Lipinski definition) is 1. The molecule has 0 atom stereocenters. The molecule has 1 rings (SSSR count). The molecule has 0 saturated carbocycles. The Morgan fingerprint density at radius 3 is 2.93 bits per heavy atom. The van der Waals surface area contributed by atoms with Gasteiger partial charge in [-0.1, -0.05) is 24.0 Å². The van der Waals surface area contributed by atoms with Crippen molar-refractivity contribution >= 4 is 0 Å². The van der Waals surface area contributed by atoms with Gasteiger partial charge in [0, 0.05) is 5.56 Å². The molecule has 70 valence electrons. The van der Waals surface area contributed by atoms with E-state index in [1.54, 1.807) is 0 Å². The number of nitrogens with two attached hydrogens (primary N) is 1. The zero-order valence-corrected chi connectivity index (χ0v) is 7.96. The van der Waals surface area contributed by atoms with Crippen LogP contribution in [0, 0.1) is 23.2 Å². The van der Waals surface area contributed by atoms with Crippen LogP contribution in [0.5, 0.6) is 0 Å². The van der Waals surface area contributed by atoms with E-state index < -0.39 is 0 Å². The quantitative estimate of drug-likeness (QED) is 0.707. The van der Waals surface area contributed by atoms with E-state index >= 15 is 0 Å². The van der Waals surface area contributed by atoms with Crippen molar-refractivity contribution in [2.75, 3.05) is 6.54 Å². The second-order valence-corrected chi connectivity index (χ2v) is 2.88. The summed E-state index contributed by atoms with van der Waals surface area (Å²) >= 11 is 0. The Balaban J connectivity index is 2.75. The van der Waals surface area contributed by atoms with Crippen LogP contribution in [0.1, 0.15) is 17.5 Å². The Morgan fingerprint density at radius 2 is 2.21 bits per heavy atom. The van der Waals surface area contributed by atoms with E-state index in [4.69, 9.17) is 11.0 Å². The van der Waals surface area contributed by atoms with Gasteiger partial charge in [0.05, 0.1) is 12.5 Å². The highest BCUT2D eigenvalue weighted by molar-refractivity contribution is 5.37. The summed E-state index contributed by atoms with van der Waals surface area (Å²) in [6, 6.07) is 9.92. The maximum absolute atomic E-state index is 8.31. The van der Waals surface area contributed by atoms with Crippen LogP contribution in [0.2, 0.25) is 0 Å². The SMILES string of the molecule is N#CCC#Cc1cccc(CCN)c1. The summed E-state index contributed by atoms with van der Waals surface area (Å²) in [5.74, 6) is 5.71. The number of nitrogens with zero attached hydrogens (tertiary/aromatic N) is 1. The van der Waals surface area contributed by atoms with Crippen molar-refractivity contribution in [3.63, 3.8) is 0 Å². The van der Waals surface area contributed by atoms with Crippen molar-refractivity contribution in [1.29, 1.82) is 5.26 Å². The lowest BCUT2D eigenvalue weighted by molar-refractivity contribution is 0.968. The van der Waals surface area contributed by atoms with Gasteiger partial charge >= 0.3 is 0 Å². The summed E-state index contributed by atoms with van der Waals surface area (Å²) < 4.78 is 0. The third kappa shape index (κ3) is 3.31. The van der Waals surface area contributed by atoms with E-state index in [0.29, 0.717) is 6.54 Å².